The van der Waals surface area contributed by atoms with Crippen LogP contribution in [0.2, 0.25) is 10.0 Å². The number of amides is 3. The zero-order valence-corrected chi connectivity index (χ0v) is 47.9. The van der Waals surface area contributed by atoms with Crippen LogP contribution in [-0.4, -0.2) is 111 Å². The molecular weight excluding hydrogens is 1170 g/mol. The molecule has 0 atom stereocenters. The summed E-state index contributed by atoms with van der Waals surface area (Å²) >= 11 is 15.5. The van der Waals surface area contributed by atoms with Gasteiger partial charge in [-0.2, -0.15) is 57.0 Å². The van der Waals surface area contributed by atoms with E-state index in [1.165, 1.54) is 32.0 Å². The number of aliphatic carboxylic acids is 1. The summed E-state index contributed by atoms with van der Waals surface area (Å²) in [5, 5.41) is 37.9. The van der Waals surface area contributed by atoms with E-state index in [4.69, 9.17) is 42.6 Å². The average Bonchev–Trinajstić information content (AvgIpc) is 3.58. The molecule has 0 radical (unpaired) electrons. The highest BCUT2D eigenvalue weighted by atomic mass is 35.5. The molecule has 0 saturated heterocycles. The van der Waals surface area contributed by atoms with Crippen LogP contribution in [0.1, 0.15) is 62.5 Å². The van der Waals surface area contributed by atoms with E-state index >= 15 is 0 Å². The van der Waals surface area contributed by atoms with Gasteiger partial charge < -0.3 is 30.5 Å². The van der Waals surface area contributed by atoms with E-state index in [1.807, 2.05) is 36.4 Å². The lowest BCUT2D eigenvalue weighted by molar-refractivity contribution is -0.192. The molecule has 0 aliphatic heterocycles. The van der Waals surface area contributed by atoms with E-state index in [0.29, 0.717) is 61.0 Å². The Morgan fingerprint density at radius 2 is 1.25 bits per heavy atom. The van der Waals surface area contributed by atoms with E-state index < -0.39 is 35.5 Å². The van der Waals surface area contributed by atoms with Crippen LogP contribution in [-0.2, 0) is 28.4 Å². The minimum absolute atomic E-state index is 0.143. The maximum Gasteiger partial charge on any atom is 0.490 e. The summed E-state index contributed by atoms with van der Waals surface area (Å²) in [5.41, 5.74) is 4.07. The number of anilines is 6. The van der Waals surface area contributed by atoms with Gasteiger partial charge in [-0.25, -0.2) is 19.3 Å². The zero-order valence-electron chi connectivity index (χ0n) is 44.8. The topological polar surface area (TPSA) is 297 Å². The van der Waals surface area contributed by atoms with Gasteiger partial charge in [0.15, 0.2) is 11.6 Å². The molecule has 10 rings (SSSR count). The van der Waals surface area contributed by atoms with Crippen molar-refractivity contribution >= 4 is 131 Å². The normalized spacial score (nSPS) is 11.5. The number of rotatable bonds is 10. The third kappa shape index (κ3) is 14.6. The van der Waals surface area contributed by atoms with E-state index in [9.17, 15) is 32.3 Å². The number of hydrogen-bond donors (Lipinski definition) is 5. The van der Waals surface area contributed by atoms with Crippen LogP contribution in [0.5, 0.6) is 0 Å². The van der Waals surface area contributed by atoms with Gasteiger partial charge in [0, 0.05) is 82.8 Å². The van der Waals surface area contributed by atoms with Crippen molar-refractivity contribution in [3.63, 3.8) is 0 Å². The molecule has 0 spiro atoms. The molecule has 10 aromatic rings. The molecule has 83 heavy (non-hydrogen) atoms. The first-order valence-electron chi connectivity index (χ1n) is 24.2. The third-order valence-electron chi connectivity index (χ3n) is 11.0. The number of fused-ring (bicyclic) bond motifs is 2. The van der Waals surface area contributed by atoms with Crippen LogP contribution in [0.25, 0.3) is 44.6 Å². The van der Waals surface area contributed by atoms with Crippen molar-refractivity contribution in [2.45, 2.75) is 58.9 Å². The van der Waals surface area contributed by atoms with Crippen LogP contribution < -0.4 is 20.9 Å². The fraction of sp³-hybridized carbons (Fsp3) is 0.212. The summed E-state index contributed by atoms with van der Waals surface area (Å²) in [6.07, 6.45) is -0.259. The minimum Gasteiger partial charge on any atom is -0.475 e. The number of aromatic nitrogens is 12. The van der Waals surface area contributed by atoms with Gasteiger partial charge in [-0.1, -0.05) is 47.5 Å². The van der Waals surface area contributed by atoms with Gasteiger partial charge >= 0.3 is 24.3 Å². The molecule has 3 amide bonds. The largest absolute Gasteiger partial charge is 0.490 e. The monoisotopic (exact) mass is 1210 g/mol. The molecule has 4 aromatic carbocycles. The lowest BCUT2D eigenvalue weighted by Crippen LogP contribution is -2.34. The lowest BCUT2D eigenvalue weighted by atomic mass is 10.2. The van der Waals surface area contributed by atoms with Gasteiger partial charge in [0.05, 0.1) is 44.8 Å². The molecule has 5 N–H and O–H groups in total. The predicted molar refractivity (Wildman–Crippen MR) is 306 cm³/mol. The Balaban J connectivity index is 0.000000204. The molecule has 0 bridgehead atoms. The van der Waals surface area contributed by atoms with Crippen molar-refractivity contribution in [1.82, 2.24) is 58.3 Å². The highest BCUT2D eigenvalue weighted by molar-refractivity contribution is 7.10. The second kappa shape index (κ2) is 24.4. The van der Waals surface area contributed by atoms with Crippen LogP contribution in [0, 0.1) is 0 Å². The number of halogens is 5. The standard InChI is InChI=1S/C30H31ClN8O5S.C20H15ClN8OS.C2HF3O2/c1-29(2,3)43-27(41)38(21-12-11-20-19(23(21)31)16-33-39(20)28(42)44-30(4,5)6)26-35-24(36-45-26)17-9-8-10-18(15-17)34-25(40)22-13-14-32-37(22)7;1-29-16(7-8-23-29)19(30)24-12-4-2-3-11(9-12)18-26-20(31-28-18)25-15-6-5-14-13(17(15)21)10-22-27-14;3-2(4,5)1(6)7/h8-16H,1-7H3,(H,34,40);2-10H,1H3,(H,22,27)(H,24,30)(H,25,26,28);(H,6,7). The Labute approximate surface area is 486 Å². The van der Waals surface area contributed by atoms with Crippen molar-refractivity contribution in [3.8, 4) is 22.8 Å². The average molecular weight is 1220 g/mol. The molecule has 0 saturated carbocycles. The minimum atomic E-state index is -5.08. The number of carbonyl (C=O) groups is 5. The van der Waals surface area contributed by atoms with E-state index in [2.05, 4.69) is 60.2 Å². The molecule has 31 heteroatoms. The van der Waals surface area contributed by atoms with Crippen molar-refractivity contribution in [2.24, 2.45) is 14.1 Å². The fourth-order valence-corrected chi connectivity index (χ4v) is 9.18. The summed E-state index contributed by atoms with van der Waals surface area (Å²) < 4.78 is 55.9. The van der Waals surface area contributed by atoms with Gasteiger partial charge in [-0.3, -0.25) is 24.1 Å². The maximum absolute atomic E-state index is 13.6. The summed E-state index contributed by atoms with van der Waals surface area (Å²) in [4.78, 5) is 70.8. The number of carboxylic acids is 1. The number of benzene rings is 4. The van der Waals surface area contributed by atoms with Crippen molar-refractivity contribution in [2.75, 3.05) is 20.9 Å². The van der Waals surface area contributed by atoms with Crippen LogP contribution in [0.15, 0.2) is 110 Å². The fourth-order valence-electron chi connectivity index (χ4n) is 7.33. The summed E-state index contributed by atoms with van der Waals surface area (Å²) in [7, 11) is 3.40. The molecule has 6 aromatic heterocycles. The van der Waals surface area contributed by atoms with Crippen LogP contribution in [0.4, 0.5) is 55.8 Å². The van der Waals surface area contributed by atoms with Crippen LogP contribution in [0.3, 0.4) is 0 Å². The SMILES string of the molecule is Cn1nccc1C(=O)Nc1cccc(-c2nsc(N(C(=O)OC(C)(C)C)c3ccc4c(cnn4C(=O)OC(C)(C)C)c3Cl)n2)c1.Cn1nccc1C(=O)Nc1cccc(-c2nsc(Nc3ccc4[nH]ncc4c3Cl)n2)c1.O=C(O)C(F)(F)F. The van der Waals surface area contributed by atoms with Gasteiger partial charge in [-0.05, 0) is 102 Å². The van der Waals surface area contributed by atoms with Crippen LogP contribution >= 0.6 is 46.3 Å². The van der Waals surface area contributed by atoms with Crippen molar-refractivity contribution < 1.29 is 51.7 Å². The molecule has 0 fully saturated rings. The quantitative estimate of drug-likeness (QED) is 0.0850. The highest BCUT2D eigenvalue weighted by Gasteiger charge is 2.38. The number of alkyl halides is 3. The molecule has 0 aliphatic rings. The van der Waals surface area contributed by atoms with E-state index in [-0.39, 0.29) is 27.7 Å². The zero-order chi connectivity index (χ0) is 60.1. The first-order valence-corrected chi connectivity index (χ1v) is 26.5. The Hall–Kier alpha value is -9.32. The molecule has 24 nitrogen and oxygen atoms in total. The van der Waals surface area contributed by atoms with Gasteiger partial charge in [0.1, 0.15) is 22.6 Å². The number of carbonyl (C=O) groups excluding carboxylic acids is 4. The van der Waals surface area contributed by atoms with E-state index in [1.54, 1.807) is 123 Å². The predicted octanol–water partition coefficient (Wildman–Crippen LogP) is 12.1. The Morgan fingerprint density at radius 1 is 0.687 bits per heavy atom. The number of nitrogens with zero attached hydrogens (tertiary/aromatic N) is 12. The maximum atomic E-state index is 13.6. The molecular formula is C52H47Cl2F3N16O8S2. The Bertz CT molecular complexity index is 4050. The Kier molecular flexibility index (Phi) is 17.6. The number of nitrogens with one attached hydrogen (secondary N) is 4. The van der Waals surface area contributed by atoms with E-state index in [0.717, 1.165) is 38.4 Å². The van der Waals surface area contributed by atoms with Gasteiger partial charge in [-0.15, -0.1) is 0 Å². The Morgan fingerprint density at radius 3 is 1.80 bits per heavy atom. The third-order valence-corrected chi connectivity index (χ3v) is 13.1. The number of carboxylic acid groups (broad SMARTS) is 1. The first-order chi connectivity index (χ1) is 39.1. The van der Waals surface area contributed by atoms with Gasteiger partial charge in [0.2, 0.25) is 10.3 Å². The summed E-state index contributed by atoms with van der Waals surface area (Å²) in [6, 6.07) is 24.6. The summed E-state index contributed by atoms with van der Waals surface area (Å²) in [6.45, 7) is 10.5. The molecule has 430 valence electrons. The number of hydrogen-bond acceptors (Lipinski definition) is 18. The number of aromatic amines is 1. The van der Waals surface area contributed by atoms with Crippen molar-refractivity contribution in [3.05, 3.63) is 131 Å². The number of ether oxygens (including phenoxy) is 2. The number of aryl methyl sites for hydroxylation is 2. The number of H-pyrrole nitrogens is 1. The smallest absolute Gasteiger partial charge is 0.475 e. The highest BCUT2D eigenvalue weighted by Crippen LogP contribution is 2.40. The second-order valence-electron chi connectivity index (χ2n) is 19.4. The van der Waals surface area contributed by atoms with Gasteiger partial charge in [0.25, 0.3) is 11.8 Å². The summed E-state index contributed by atoms with van der Waals surface area (Å²) in [5.74, 6) is -2.46. The first kappa shape index (κ1) is 59.8. The second-order valence-corrected chi connectivity index (χ2v) is 21.7. The molecule has 0 unspecified atom stereocenters. The molecule has 0 aliphatic carbocycles. The van der Waals surface area contributed by atoms with Crippen molar-refractivity contribution in [1.29, 1.82) is 0 Å². The lowest BCUT2D eigenvalue weighted by Gasteiger charge is -2.26. The molecule has 6 heterocycles.